The van der Waals surface area contributed by atoms with Crippen LogP contribution >= 0.6 is 0 Å². The van der Waals surface area contributed by atoms with Crippen molar-refractivity contribution in [2.45, 2.75) is 77.0 Å². The average Bonchev–Trinajstić information content (AvgIpc) is 3.08. The number of fused-ring (bicyclic) bond motifs is 3. The minimum Gasteiger partial charge on any atom is -0.459 e. The maximum atomic E-state index is 13.3. The van der Waals surface area contributed by atoms with Crippen molar-refractivity contribution in [3.8, 4) is 0 Å². The van der Waals surface area contributed by atoms with Gasteiger partial charge < -0.3 is 9.64 Å². The molecule has 200 valence electrons. The van der Waals surface area contributed by atoms with E-state index in [0.717, 1.165) is 67.6 Å². The zero-order valence-corrected chi connectivity index (χ0v) is 22.2. The molecule has 1 aromatic heterocycles. The SMILES string of the molecule is Cn1c(=O)n(C2CCC(=O)NC2=O)c2ccc3c(c21)CCCN3C1CCN(CC(=O)OC(C)(C)C)CC1. The van der Waals surface area contributed by atoms with Crippen molar-refractivity contribution >= 4 is 34.5 Å². The first-order chi connectivity index (χ1) is 17.5. The Bertz CT molecular complexity index is 1290. The lowest BCUT2D eigenvalue weighted by Gasteiger charge is -2.42. The molecule has 5 rings (SSSR count). The summed E-state index contributed by atoms with van der Waals surface area (Å²) in [5, 5.41) is 2.38. The van der Waals surface area contributed by atoms with Gasteiger partial charge in [0.25, 0.3) is 0 Å². The summed E-state index contributed by atoms with van der Waals surface area (Å²) < 4.78 is 8.71. The lowest BCUT2D eigenvalue weighted by atomic mass is 9.94. The Morgan fingerprint density at radius 1 is 1.05 bits per heavy atom. The van der Waals surface area contributed by atoms with E-state index in [-0.39, 0.29) is 24.0 Å². The van der Waals surface area contributed by atoms with Crippen LogP contribution in [-0.2, 0) is 32.6 Å². The highest BCUT2D eigenvalue weighted by atomic mass is 16.6. The monoisotopic (exact) mass is 511 g/mol. The molecular formula is C27H37N5O5. The quantitative estimate of drug-likeness (QED) is 0.494. The van der Waals surface area contributed by atoms with Gasteiger partial charge in [0.2, 0.25) is 11.8 Å². The first-order valence-corrected chi connectivity index (χ1v) is 13.3. The second kappa shape index (κ2) is 9.63. The van der Waals surface area contributed by atoms with Crippen LogP contribution in [0, 0.1) is 0 Å². The summed E-state index contributed by atoms with van der Waals surface area (Å²) in [5.74, 6) is -0.888. The second-order valence-electron chi connectivity index (χ2n) is 11.5. The van der Waals surface area contributed by atoms with Crippen molar-refractivity contribution < 1.29 is 19.1 Å². The fourth-order valence-corrected chi connectivity index (χ4v) is 6.16. The van der Waals surface area contributed by atoms with Crippen molar-refractivity contribution in [2.75, 3.05) is 31.1 Å². The van der Waals surface area contributed by atoms with Crippen LogP contribution in [0.2, 0.25) is 0 Å². The number of carbonyl (C=O) groups is 3. The van der Waals surface area contributed by atoms with E-state index >= 15 is 0 Å². The van der Waals surface area contributed by atoms with E-state index in [4.69, 9.17) is 4.74 Å². The van der Waals surface area contributed by atoms with Crippen LogP contribution in [-0.4, -0.2) is 69.6 Å². The van der Waals surface area contributed by atoms with Gasteiger partial charge in [-0.25, -0.2) is 4.79 Å². The van der Waals surface area contributed by atoms with Gasteiger partial charge in [-0.3, -0.25) is 33.7 Å². The number of ether oxygens (including phenoxy) is 1. The Morgan fingerprint density at radius 3 is 2.46 bits per heavy atom. The van der Waals surface area contributed by atoms with Crippen LogP contribution < -0.4 is 15.9 Å². The molecule has 0 bridgehead atoms. The highest BCUT2D eigenvalue weighted by Gasteiger charge is 2.34. The molecule has 2 amide bonds. The number of likely N-dealkylation sites (tertiary alicyclic amines) is 1. The molecule has 4 heterocycles. The maximum absolute atomic E-state index is 13.3. The van der Waals surface area contributed by atoms with Crippen LogP contribution in [0.15, 0.2) is 16.9 Å². The highest BCUT2D eigenvalue weighted by molar-refractivity contribution is 6.00. The number of hydrogen-bond acceptors (Lipinski definition) is 7. The average molecular weight is 512 g/mol. The largest absolute Gasteiger partial charge is 0.459 e. The number of nitrogens with one attached hydrogen (secondary N) is 1. The third kappa shape index (κ3) is 4.91. The summed E-state index contributed by atoms with van der Waals surface area (Å²) in [6, 6.07) is 3.72. The molecule has 1 aromatic carbocycles. The Morgan fingerprint density at radius 2 is 1.78 bits per heavy atom. The van der Waals surface area contributed by atoms with Crippen molar-refractivity contribution in [1.29, 1.82) is 0 Å². The zero-order chi connectivity index (χ0) is 26.5. The third-order valence-corrected chi connectivity index (χ3v) is 7.75. The molecule has 2 aromatic rings. The van der Waals surface area contributed by atoms with Crippen LogP contribution in [0.3, 0.4) is 0 Å². The molecule has 1 N–H and O–H groups in total. The van der Waals surface area contributed by atoms with Gasteiger partial charge in [-0.2, -0.15) is 0 Å². The Kier molecular flexibility index (Phi) is 6.64. The van der Waals surface area contributed by atoms with Gasteiger partial charge in [-0.15, -0.1) is 0 Å². The van der Waals surface area contributed by atoms with E-state index in [1.807, 2.05) is 26.8 Å². The van der Waals surface area contributed by atoms with E-state index in [0.29, 0.717) is 19.0 Å². The van der Waals surface area contributed by atoms with Crippen molar-refractivity contribution in [2.24, 2.45) is 7.05 Å². The van der Waals surface area contributed by atoms with Crippen LogP contribution in [0.1, 0.15) is 64.5 Å². The number of hydrogen-bond donors (Lipinski definition) is 1. The predicted molar refractivity (Wildman–Crippen MR) is 140 cm³/mol. The fourth-order valence-electron chi connectivity index (χ4n) is 6.16. The fraction of sp³-hybridized carbons (Fsp3) is 0.630. The Labute approximate surface area is 216 Å². The minimum atomic E-state index is -0.680. The highest BCUT2D eigenvalue weighted by Crippen LogP contribution is 2.37. The summed E-state index contributed by atoms with van der Waals surface area (Å²) in [6.45, 7) is 8.60. The summed E-state index contributed by atoms with van der Waals surface area (Å²) >= 11 is 0. The van der Waals surface area contributed by atoms with Gasteiger partial charge in [-0.05, 0) is 65.0 Å². The number of carbonyl (C=O) groups excluding carboxylic acids is 3. The minimum absolute atomic E-state index is 0.182. The molecule has 37 heavy (non-hydrogen) atoms. The molecule has 3 aliphatic heterocycles. The van der Waals surface area contributed by atoms with Crippen LogP contribution in [0.25, 0.3) is 11.0 Å². The Hall–Kier alpha value is -3.14. The molecule has 0 aliphatic carbocycles. The first kappa shape index (κ1) is 25.5. The molecular weight excluding hydrogens is 474 g/mol. The number of imide groups is 1. The number of piperidine rings is 2. The molecule has 3 aliphatic rings. The standard InChI is InChI=1S/C27H37N5O5/c1-27(2,3)37-23(34)16-30-14-11-17(12-15-30)31-13-5-6-18-19(31)7-8-20-24(18)29(4)26(36)32(20)21-9-10-22(33)28-25(21)35/h7-8,17,21H,5-6,9-16H2,1-4H3,(H,28,33,35). The molecule has 0 spiro atoms. The molecule has 1 unspecified atom stereocenters. The van der Waals surface area contributed by atoms with Crippen molar-refractivity contribution in [1.82, 2.24) is 19.4 Å². The molecule has 2 fully saturated rings. The first-order valence-electron chi connectivity index (χ1n) is 13.3. The maximum Gasteiger partial charge on any atom is 0.329 e. The summed E-state index contributed by atoms with van der Waals surface area (Å²) in [6.07, 6.45) is 4.32. The summed E-state index contributed by atoms with van der Waals surface area (Å²) in [7, 11) is 1.77. The van der Waals surface area contributed by atoms with Crippen LogP contribution in [0.5, 0.6) is 0 Å². The number of nitrogens with zero attached hydrogens (tertiary/aromatic N) is 4. The Balaban J connectivity index is 1.37. The van der Waals surface area contributed by atoms with Gasteiger partial charge in [-0.1, -0.05) is 0 Å². The normalized spacial score (nSPS) is 21.7. The number of amides is 2. The predicted octanol–water partition coefficient (Wildman–Crippen LogP) is 1.88. The molecule has 0 saturated carbocycles. The van der Waals surface area contributed by atoms with E-state index in [9.17, 15) is 19.2 Å². The van der Waals surface area contributed by atoms with Crippen molar-refractivity contribution in [3.05, 3.63) is 28.2 Å². The van der Waals surface area contributed by atoms with Gasteiger partial charge in [0.05, 0.1) is 17.6 Å². The third-order valence-electron chi connectivity index (χ3n) is 7.75. The second-order valence-corrected chi connectivity index (χ2v) is 11.5. The molecule has 10 heteroatoms. The number of imidazole rings is 1. The van der Waals surface area contributed by atoms with Gasteiger partial charge in [0, 0.05) is 50.4 Å². The zero-order valence-electron chi connectivity index (χ0n) is 22.2. The van der Waals surface area contributed by atoms with Gasteiger partial charge in [0.15, 0.2) is 0 Å². The van der Waals surface area contributed by atoms with E-state index < -0.39 is 17.6 Å². The summed E-state index contributed by atoms with van der Waals surface area (Å²) in [5.41, 5.74) is 3.21. The number of esters is 1. The van der Waals surface area contributed by atoms with E-state index in [2.05, 4.69) is 21.2 Å². The number of benzene rings is 1. The smallest absolute Gasteiger partial charge is 0.329 e. The molecule has 0 radical (unpaired) electrons. The molecule has 1 atom stereocenters. The van der Waals surface area contributed by atoms with Crippen LogP contribution in [0.4, 0.5) is 5.69 Å². The van der Waals surface area contributed by atoms with E-state index in [1.165, 1.54) is 0 Å². The number of rotatable bonds is 4. The lowest BCUT2D eigenvalue weighted by molar-refractivity contribution is -0.156. The van der Waals surface area contributed by atoms with Gasteiger partial charge in [0.1, 0.15) is 11.6 Å². The van der Waals surface area contributed by atoms with E-state index in [1.54, 1.807) is 16.2 Å². The molecule has 2 saturated heterocycles. The lowest BCUT2D eigenvalue weighted by Crippen LogP contribution is -2.48. The van der Waals surface area contributed by atoms with Crippen molar-refractivity contribution in [3.63, 3.8) is 0 Å². The number of aromatic nitrogens is 2. The van der Waals surface area contributed by atoms with Gasteiger partial charge >= 0.3 is 11.7 Å². The topological polar surface area (TPSA) is 106 Å². The summed E-state index contributed by atoms with van der Waals surface area (Å²) in [4.78, 5) is 54.4. The number of anilines is 1. The molecule has 10 nitrogen and oxygen atoms in total. The number of aryl methyl sites for hydroxylation is 2.